The summed E-state index contributed by atoms with van der Waals surface area (Å²) < 4.78 is 36.4. The van der Waals surface area contributed by atoms with E-state index in [9.17, 15) is 13.2 Å². The first kappa shape index (κ1) is 15.0. The molecule has 0 amide bonds. The molecule has 0 aromatic carbocycles. The van der Waals surface area contributed by atoms with E-state index in [2.05, 4.69) is 10.3 Å². The van der Waals surface area contributed by atoms with Crippen molar-refractivity contribution in [1.29, 1.82) is 0 Å². The second-order valence-corrected chi connectivity index (χ2v) is 4.35. The normalized spacial score (nSPS) is 13.6. The maximum atomic E-state index is 12.1. The van der Waals surface area contributed by atoms with Gasteiger partial charge in [0.25, 0.3) is 0 Å². The zero-order chi connectivity index (χ0) is 13.6. The largest absolute Gasteiger partial charge is 0.389 e. The molecule has 1 rings (SSSR count). The molecule has 0 fully saturated rings. The lowest BCUT2D eigenvalue weighted by Gasteiger charge is -2.20. The zero-order valence-corrected chi connectivity index (χ0v) is 10.7. The van der Waals surface area contributed by atoms with Gasteiger partial charge in [0, 0.05) is 24.9 Å². The first-order valence-corrected chi connectivity index (χ1v) is 6.14. The van der Waals surface area contributed by atoms with Gasteiger partial charge >= 0.3 is 6.18 Å². The van der Waals surface area contributed by atoms with E-state index >= 15 is 0 Å². The van der Waals surface area contributed by atoms with E-state index in [1.807, 2.05) is 19.9 Å². The molecule has 0 radical (unpaired) electrons. The van der Waals surface area contributed by atoms with Crippen LogP contribution in [0.25, 0.3) is 0 Å². The van der Waals surface area contributed by atoms with E-state index in [4.69, 9.17) is 0 Å². The number of nitrogens with zero attached hydrogens (tertiary/aromatic N) is 1. The van der Waals surface area contributed by atoms with Crippen LogP contribution in [0.5, 0.6) is 0 Å². The Morgan fingerprint density at radius 1 is 1.39 bits per heavy atom. The molecule has 1 atom stereocenters. The van der Waals surface area contributed by atoms with Crippen molar-refractivity contribution >= 4 is 0 Å². The summed E-state index contributed by atoms with van der Waals surface area (Å²) in [5.74, 6) is 0. The van der Waals surface area contributed by atoms with Gasteiger partial charge in [-0.25, -0.2) is 0 Å². The Balaban J connectivity index is 2.63. The Hall–Kier alpha value is -1.10. The molecule has 1 aromatic heterocycles. The number of pyridine rings is 1. The van der Waals surface area contributed by atoms with Crippen LogP contribution in [0.4, 0.5) is 13.2 Å². The topological polar surface area (TPSA) is 24.9 Å². The molecular formula is C13H19F3N2. The minimum atomic E-state index is -4.07. The fourth-order valence-corrected chi connectivity index (χ4v) is 1.96. The zero-order valence-electron chi connectivity index (χ0n) is 10.7. The molecule has 1 unspecified atom stereocenters. The quantitative estimate of drug-likeness (QED) is 0.842. The minimum absolute atomic E-state index is 0.0500. The predicted octanol–water partition coefficient (Wildman–Crippen LogP) is 3.77. The monoisotopic (exact) mass is 260 g/mol. The molecule has 0 aliphatic carbocycles. The molecule has 0 bridgehead atoms. The van der Waals surface area contributed by atoms with Crippen LogP contribution in [0.3, 0.4) is 0 Å². The van der Waals surface area contributed by atoms with Crippen LogP contribution in [0.15, 0.2) is 18.5 Å². The summed E-state index contributed by atoms with van der Waals surface area (Å²) in [7, 11) is 0. The molecule has 0 aliphatic heterocycles. The van der Waals surface area contributed by atoms with Gasteiger partial charge in [-0.3, -0.25) is 4.98 Å². The van der Waals surface area contributed by atoms with Crippen molar-refractivity contribution < 1.29 is 13.2 Å². The molecule has 1 heterocycles. The van der Waals surface area contributed by atoms with E-state index < -0.39 is 12.6 Å². The van der Waals surface area contributed by atoms with Crippen LogP contribution in [0.2, 0.25) is 0 Å². The minimum Gasteiger partial charge on any atom is -0.310 e. The molecule has 18 heavy (non-hydrogen) atoms. The standard InChI is InChI=1S/C13H19F3N2/c1-3-18-12(5-4-7-13(14,15)16)11-9-17-8-6-10(11)2/h6,8-9,12,18H,3-5,7H2,1-2H3. The highest BCUT2D eigenvalue weighted by Crippen LogP contribution is 2.27. The van der Waals surface area contributed by atoms with Gasteiger partial charge in [0.1, 0.15) is 0 Å². The summed E-state index contributed by atoms with van der Waals surface area (Å²) in [5, 5.41) is 3.22. The smallest absolute Gasteiger partial charge is 0.310 e. The van der Waals surface area contributed by atoms with Gasteiger partial charge in [-0.1, -0.05) is 6.92 Å². The van der Waals surface area contributed by atoms with Gasteiger partial charge in [-0.05, 0) is 43.5 Å². The lowest BCUT2D eigenvalue weighted by Crippen LogP contribution is -2.22. The SMILES string of the molecule is CCNC(CCCC(F)(F)F)c1cnccc1C. The number of halogens is 3. The van der Waals surface area contributed by atoms with Crippen LogP contribution in [-0.2, 0) is 0 Å². The Bertz CT molecular complexity index is 363. The van der Waals surface area contributed by atoms with Gasteiger partial charge in [0.15, 0.2) is 0 Å². The van der Waals surface area contributed by atoms with Gasteiger partial charge in [-0.15, -0.1) is 0 Å². The molecule has 0 aliphatic rings. The van der Waals surface area contributed by atoms with E-state index in [1.165, 1.54) is 0 Å². The molecule has 2 nitrogen and oxygen atoms in total. The highest BCUT2D eigenvalue weighted by atomic mass is 19.4. The van der Waals surface area contributed by atoms with E-state index in [-0.39, 0.29) is 12.5 Å². The Morgan fingerprint density at radius 2 is 2.11 bits per heavy atom. The Labute approximate surface area is 106 Å². The summed E-state index contributed by atoms with van der Waals surface area (Å²) in [5.41, 5.74) is 2.05. The first-order chi connectivity index (χ1) is 8.44. The number of aromatic nitrogens is 1. The molecule has 102 valence electrons. The van der Waals surface area contributed by atoms with Crippen LogP contribution in [0, 0.1) is 6.92 Å². The lowest BCUT2D eigenvalue weighted by atomic mass is 9.98. The predicted molar refractivity (Wildman–Crippen MR) is 65.3 cm³/mol. The van der Waals surface area contributed by atoms with Crippen molar-refractivity contribution in [2.75, 3.05) is 6.54 Å². The average molecular weight is 260 g/mol. The summed E-state index contributed by atoms with van der Waals surface area (Å²) >= 11 is 0. The van der Waals surface area contributed by atoms with Crippen molar-refractivity contribution in [1.82, 2.24) is 10.3 Å². The number of rotatable bonds is 6. The molecular weight excluding hydrogens is 241 g/mol. The Kier molecular flexibility index (Phi) is 5.59. The molecule has 5 heteroatoms. The fourth-order valence-electron chi connectivity index (χ4n) is 1.96. The van der Waals surface area contributed by atoms with E-state index in [1.54, 1.807) is 12.4 Å². The average Bonchev–Trinajstić information content (AvgIpc) is 2.27. The maximum Gasteiger partial charge on any atom is 0.389 e. The van der Waals surface area contributed by atoms with Crippen LogP contribution >= 0.6 is 0 Å². The van der Waals surface area contributed by atoms with Gasteiger partial charge in [-0.2, -0.15) is 13.2 Å². The van der Waals surface area contributed by atoms with Crippen molar-refractivity contribution in [2.24, 2.45) is 0 Å². The molecule has 0 spiro atoms. The first-order valence-electron chi connectivity index (χ1n) is 6.14. The van der Waals surface area contributed by atoms with Gasteiger partial charge in [0.2, 0.25) is 0 Å². The lowest BCUT2D eigenvalue weighted by molar-refractivity contribution is -0.135. The summed E-state index contributed by atoms with van der Waals surface area (Å²) in [4.78, 5) is 4.04. The summed E-state index contributed by atoms with van der Waals surface area (Å²) in [6.07, 6.45) is -0.766. The second-order valence-electron chi connectivity index (χ2n) is 4.35. The van der Waals surface area contributed by atoms with Crippen LogP contribution in [-0.4, -0.2) is 17.7 Å². The van der Waals surface area contributed by atoms with Crippen LogP contribution in [0.1, 0.15) is 43.4 Å². The Morgan fingerprint density at radius 3 is 2.67 bits per heavy atom. The third kappa shape index (κ3) is 5.04. The van der Waals surface area contributed by atoms with Crippen LogP contribution < -0.4 is 5.32 Å². The molecule has 1 aromatic rings. The summed E-state index contributed by atoms with van der Waals surface area (Å²) in [6.45, 7) is 4.62. The highest BCUT2D eigenvalue weighted by Gasteiger charge is 2.27. The molecule has 0 saturated carbocycles. The number of alkyl halides is 3. The number of aryl methyl sites for hydroxylation is 1. The molecule has 1 N–H and O–H groups in total. The fraction of sp³-hybridized carbons (Fsp3) is 0.615. The highest BCUT2D eigenvalue weighted by molar-refractivity contribution is 5.24. The summed E-state index contributed by atoms with van der Waals surface area (Å²) in [6, 6.07) is 1.83. The van der Waals surface area contributed by atoms with Crippen molar-refractivity contribution in [2.45, 2.75) is 45.3 Å². The number of hydrogen-bond donors (Lipinski definition) is 1. The van der Waals surface area contributed by atoms with Gasteiger partial charge < -0.3 is 5.32 Å². The van der Waals surface area contributed by atoms with Gasteiger partial charge in [0.05, 0.1) is 0 Å². The third-order valence-corrected chi connectivity index (χ3v) is 2.86. The number of hydrogen-bond acceptors (Lipinski definition) is 2. The number of nitrogens with one attached hydrogen (secondary N) is 1. The van der Waals surface area contributed by atoms with Crippen molar-refractivity contribution in [3.8, 4) is 0 Å². The van der Waals surface area contributed by atoms with E-state index in [0.29, 0.717) is 6.42 Å². The second kappa shape index (κ2) is 6.73. The van der Waals surface area contributed by atoms with Crippen molar-refractivity contribution in [3.05, 3.63) is 29.6 Å². The van der Waals surface area contributed by atoms with E-state index in [0.717, 1.165) is 17.7 Å². The molecule has 0 saturated heterocycles. The van der Waals surface area contributed by atoms with Crippen molar-refractivity contribution in [3.63, 3.8) is 0 Å². The maximum absolute atomic E-state index is 12.1. The third-order valence-electron chi connectivity index (χ3n) is 2.86.